The second-order valence-electron chi connectivity index (χ2n) is 4.76. The van der Waals surface area contributed by atoms with Gasteiger partial charge in [-0.2, -0.15) is 0 Å². The number of nitrogens with zero attached hydrogens (tertiary/aromatic N) is 1. The molecule has 20 heavy (non-hydrogen) atoms. The summed E-state index contributed by atoms with van der Waals surface area (Å²) >= 11 is 5.77. The number of benzene rings is 1. The van der Waals surface area contributed by atoms with Gasteiger partial charge >= 0.3 is 5.97 Å². The van der Waals surface area contributed by atoms with Crippen LogP contribution in [0, 0.1) is 0 Å². The van der Waals surface area contributed by atoms with Crippen LogP contribution in [0.15, 0.2) is 24.3 Å². The molecule has 0 aliphatic rings. The van der Waals surface area contributed by atoms with Gasteiger partial charge in [0.15, 0.2) is 0 Å². The van der Waals surface area contributed by atoms with Crippen molar-refractivity contribution in [2.24, 2.45) is 0 Å². The summed E-state index contributed by atoms with van der Waals surface area (Å²) in [5.74, 6) is -1.04. The van der Waals surface area contributed by atoms with E-state index in [0.29, 0.717) is 17.3 Å². The minimum atomic E-state index is -0.867. The molecule has 1 amide bonds. The first-order valence-corrected chi connectivity index (χ1v) is 6.77. The van der Waals surface area contributed by atoms with Gasteiger partial charge in [0.1, 0.15) is 0 Å². The van der Waals surface area contributed by atoms with Crippen LogP contribution < -0.4 is 5.32 Å². The quantitative estimate of drug-likeness (QED) is 0.811. The van der Waals surface area contributed by atoms with Crippen molar-refractivity contribution < 1.29 is 14.7 Å². The van der Waals surface area contributed by atoms with Gasteiger partial charge in [-0.1, -0.05) is 11.6 Å². The van der Waals surface area contributed by atoms with E-state index < -0.39 is 5.97 Å². The number of anilines is 1. The third kappa shape index (κ3) is 6.04. The highest BCUT2D eigenvalue weighted by Gasteiger charge is 2.15. The lowest BCUT2D eigenvalue weighted by Crippen LogP contribution is -2.39. The summed E-state index contributed by atoms with van der Waals surface area (Å²) in [6.45, 7) is 4.36. The lowest BCUT2D eigenvalue weighted by atomic mass is 10.2. The van der Waals surface area contributed by atoms with Crippen LogP contribution in [0.5, 0.6) is 0 Å². The summed E-state index contributed by atoms with van der Waals surface area (Å²) in [4.78, 5) is 24.3. The first kappa shape index (κ1) is 16.5. The number of hydrogen-bond acceptors (Lipinski definition) is 3. The molecule has 110 valence electrons. The van der Waals surface area contributed by atoms with Gasteiger partial charge in [-0.3, -0.25) is 14.5 Å². The second-order valence-corrected chi connectivity index (χ2v) is 5.20. The van der Waals surface area contributed by atoms with E-state index in [4.69, 9.17) is 16.7 Å². The number of rotatable bonds is 7. The maximum absolute atomic E-state index is 11.9. The molecule has 0 bridgehead atoms. The third-order valence-electron chi connectivity index (χ3n) is 2.82. The zero-order chi connectivity index (χ0) is 15.1. The molecule has 0 aliphatic heterocycles. The summed E-state index contributed by atoms with van der Waals surface area (Å²) in [6.07, 6.45) is 0.0202. The van der Waals surface area contributed by atoms with Gasteiger partial charge in [-0.25, -0.2) is 0 Å². The zero-order valence-electron chi connectivity index (χ0n) is 11.6. The molecule has 0 atom stereocenters. The van der Waals surface area contributed by atoms with E-state index >= 15 is 0 Å². The van der Waals surface area contributed by atoms with Crippen LogP contribution in [0.2, 0.25) is 5.02 Å². The van der Waals surface area contributed by atoms with Crippen molar-refractivity contribution in [1.29, 1.82) is 0 Å². The predicted molar refractivity (Wildman–Crippen MR) is 79.0 cm³/mol. The summed E-state index contributed by atoms with van der Waals surface area (Å²) < 4.78 is 0. The average Bonchev–Trinajstić information content (AvgIpc) is 2.36. The molecule has 2 N–H and O–H groups in total. The van der Waals surface area contributed by atoms with E-state index in [1.54, 1.807) is 24.3 Å². The molecule has 1 aromatic carbocycles. The summed E-state index contributed by atoms with van der Waals surface area (Å²) in [6, 6.07) is 6.93. The van der Waals surface area contributed by atoms with Crippen LogP contribution in [-0.4, -0.2) is 41.0 Å². The molecule has 0 saturated carbocycles. The Kier molecular flexibility index (Phi) is 6.48. The Balaban J connectivity index is 2.53. The third-order valence-corrected chi connectivity index (χ3v) is 3.07. The lowest BCUT2D eigenvalue weighted by molar-refractivity contribution is -0.137. The summed E-state index contributed by atoms with van der Waals surface area (Å²) in [5.41, 5.74) is 0.668. The number of nitrogens with one attached hydrogen (secondary N) is 1. The standard InChI is InChI=1S/C14H19ClN2O3/c1-10(2)17(8-7-14(19)20)9-13(18)16-12-5-3-11(15)4-6-12/h3-6,10H,7-9H2,1-2H3,(H,16,18)(H,19,20). The molecule has 6 heteroatoms. The smallest absolute Gasteiger partial charge is 0.304 e. The molecular formula is C14H19ClN2O3. The monoisotopic (exact) mass is 298 g/mol. The van der Waals surface area contributed by atoms with Gasteiger partial charge in [0, 0.05) is 23.3 Å². The van der Waals surface area contributed by atoms with Crippen molar-refractivity contribution in [3.05, 3.63) is 29.3 Å². The molecule has 0 unspecified atom stereocenters. The minimum Gasteiger partial charge on any atom is -0.481 e. The molecule has 1 rings (SSSR count). The SMILES string of the molecule is CC(C)N(CCC(=O)O)CC(=O)Nc1ccc(Cl)cc1. The lowest BCUT2D eigenvalue weighted by Gasteiger charge is -2.25. The first-order valence-electron chi connectivity index (χ1n) is 6.39. The van der Waals surface area contributed by atoms with Gasteiger partial charge in [0.2, 0.25) is 5.91 Å². The Hall–Kier alpha value is -1.59. The molecule has 0 radical (unpaired) electrons. The topological polar surface area (TPSA) is 69.6 Å². The van der Waals surface area contributed by atoms with Crippen LogP contribution in [0.1, 0.15) is 20.3 Å². The van der Waals surface area contributed by atoms with Crippen molar-refractivity contribution in [2.75, 3.05) is 18.4 Å². The van der Waals surface area contributed by atoms with Crippen LogP contribution in [-0.2, 0) is 9.59 Å². The number of carbonyl (C=O) groups excluding carboxylic acids is 1. The van der Waals surface area contributed by atoms with Gasteiger partial charge in [-0.05, 0) is 38.1 Å². The van der Waals surface area contributed by atoms with Crippen molar-refractivity contribution in [2.45, 2.75) is 26.3 Å². The number of hydrogen-bond donors (Lipinski definition) is 2. The fourth-order valence-electron chi connectivity index (χ4n) is 1.68. The van der Waals surface area contributed by atoms with Gasteiger partial charge in [0.05, 0.1) is 13.0 Å². The van der Waals surface area contributed by atoms with Gasteiger partial charge in [-0.15, -0.1) is 0 Å². The Morgan fingerprint density at radius 2 is 1.90 bits per heavy atom. The van der Waals surface area contributed by atoms with Crippen molar-refractivity contribution in [1.82, 2.24) is 4.90 Å². The highest BCUT2D eigenvalue weighted by molar-refractivity contribution is 6.30. The molecule has 0 spiro atoms. The fraction of sp³-hybridized carbons (Fsp3) is 0.429. The Morgan fingerprint density at radius 1 is 1.30 bits per heavy atom. The van der Waals surface area contributed by atoms with Crippen LogP contribution >= 0.6 is 11.6 Å². The largest absolute Gasteiger partial charge is 0.481 e. The number of aliphatic carboxylic acids is 1. The maximum atomic E-state index is 11.9. The number of amides is 1. The van der Waals surface area contributed by atoms with E-state index in [2.05, 4.69) is 5.32 Å². The zero-order valence-corrected chi connectivity index (χ0v) is 12.4. The van der Waals surface area contributed by atoms with E-state index in [9.17, 15) is 9.59 Å². The van der Waals surface area contributed by atoms with E-state index in [1.165, 1.54) is 0 Å². The Bertz CT molecular complexity index is 460. The van der Waals surface area contributed by atoms with Crippen LogP contribution in [0.3, 0.4) is 0 Å². The number of carboxylic acids is 1. The number of carbonyl (C=O) groups is 2. The first-order chi connectivity index (χ1) is 9.38. The molecule has 0 aromatic heterocycles. The summed E-state index contributed by atoms with van der Waals surface area (Å²) in [5, 5.41) is 12.1. The van der Waals surface area contributed by atoms with Crippen molar-refractivity contribution in [3.8, 4) is 0 Å². The number of carboxylic acid groups (broad SMARTS) is 1. The van der Waals surface area contributed by atoms with Gasteiger partial charge in [0.25, 0.3) is 0 Å². The number of halogens is 1. The van der Waals surface area contributed by atoms with Crippen LogP contribution in [0.25, 0.3) is 0 Å². The molecular weight excluding hydrogens is 280 g/mol. The molecule has 0 aliphatic carbocycles. The molecule has 1 aromatic rings. The molecule has 0 saturated heterocycles. The molecule has 0 fully saturated rings. The normalized spacial score (nSPS) is 10.8. The second kappa shape index (κ2) is 7.87. The van der Waals surface area contributed by atoms with Crippen LogP contribution in [0.4, 0.5) is 5.69 Å². The highest BCUT2D eigenvalue weighted by Crippen LogP contribution is 2.13. The average molecular weight is 299 g/mol. The van der Waals surface area contributed by atoms with Crippen molar-refractivity contribution in [3.63, 3.8) is 0 Å². The fourth-order valence-corrected chi connectivity index (χ4v) is 1.80. The minimum absolute atomic E-state index is 0.0202. The Morgan fingerprint density at radius 3 is 2.40 bits per heavy atom. The Labute approximate surface area is 123 Å². The maximum Gasteiger partial charge on any atom is 0.304 e. The van der Waals surface area contributed by atoms with E-state index in [0.717, 1.165) is 0 Å². The van der Waals surface area contributed by atoms with Gasteiger partial charge < -0.3 is 10.4 Å². The summed E-state index contributed by atoms with van der Waals surface area (Å²) in [7, 11) is 0. The van der Waals surface area contributed by atoms with Crippen molar-refractivity contribution >= 4 is 29.2 Å². The molecule has 0 heterocycles. The van der Waals surface area contributed by atoms with E-state index in [-0.39, 0.29) is 24.9 Å². The van der Waals surface area contributed by atoms with E-state index in [1.807, 2.05) is 18.7 Å². The highest BCUT2D eigenvalue weighted by atomic mass is 35.5. The predicted octanol–water partition coefficient (Wildman–Crippen LogP) is 2.46. The molecule has 5 nitrogen and oxygen atoms in total.